The molecule has 4 heteroatoms. The Kier molecular flexibility index (Phi) is 2.99. The van der Waals surface area contributed by atoms with Crippen LogP contribution in [0.5, 0.6) is 0 Å². The van der Waals surface area contributed by atoms with Crippen LogP contribution in [0.2, 0.25) is 0 Å². The second-order valence-corrected chi connectivity index (χ2v) is 5.38. The van der Waals surface area contributed by atoms with Gasteiger partial charge in [0.25, 0.3) is 0 Å². The highest BCUT2D eigenvalue weighted by molar-refractivity contribution is 5.55. The third-order valence-electron chi connectivity index (χ3n) is 4.38. The van der Waals surface area contributed by atoms with Gasteiger partial charge in [-0.25, -0.2) is 4.39 Å². The smallest absolute Gasteiger partial charge is 0.146 e. The average Bonchev–Trinajstić information content (AvgIpc) is 2.91. The van der Waals surface area contributed by atoms with Gasteiger partial charge in [0, 0.05) is 24.6 Å². The van der Waals surface area contributed by atoms with E-state index in [1.807, 2.05) is 4.90 Å². The Morgan fingerprint density at radius 3 is 2.83 bits per heavy atom. The van der Waals surface area contributed by atoms with Gasteiger partial charge in [-0.1, -0.05) is 12.1 Å². The zero-order chi connectivity index (χ0) is 12.7. The fraction of sp³-hybridized carbons (Fsp3) is 0.571. The number of halogens is 1. The number of benzene rings is 1. The lowest BCUT2D eigenvalue weighted by Crippen LogP contribution is -2.26. The quantitative estimate of drug-likeness (QED) is 0.837. The van der Waals surface area contributed by atoms with Crippen LogP contribution in [-0.2, 0) is 6.61 Å². The molecule has 1 saturated heterocycles. The Balaban J connectivity index is 1.89. The van der Waals surface area contributed by atoms with Crippen LogP contribution in [-0.4, -0.2) is 29.4 Å². The summed E-state index contributed by atoms with van der Waals surface area (Å²) >= 11 is 0. The molecule has 0 radical (unpaired) electrons. The average molecular weight is 251 g/mol. The molecule has 1 aromatic carbocycles. The first-order valence-electron chi connectivity index (χ1n) is 6.52. The molecule has 1 aliphatic heterocycles. The third-order valence-corrected chi connectivity index (χ3v) is 4.38. The van der Waals surface area contributed by atoms with Crippen molar-refractivity contribution in [3.05, 3.63) is 29.6 Å². The maximum absolute atomic E-state index is 13.9. The minimum Gasteiger partial charge on any atom is -0.393 e. The van der Waals surface area contributed by atoms with E-state index in [-0.39, 0.29) is 24.4 Å². The highest BCUT2D eigenvalue weighted by Crippen LogP contribution is 2.41. The SMILES string of the molecule is OCc1cccc(F)c1N1CC2CCC(O)C2C1. The predicted molar refractivity (Wildman–Crippen MR) is 66.8 cm³/mol. The highest BCUT2D eigenvalue weighted by Gasteiger charge is 2.42. The Bertz CT molecular complexity index is 451. The van der Waals surface area contributed by atoms with Crippen molar-refractivity contribution >= 4 is 5.69 Å². The molecule has 2 aliphatic rings. The van der Waals surface area contributed by atoms with Gasteiger partial charge in [0.05, 0.1) is 18.4 Å². The summed E-state index contributed by atoms with van der Waals surface area (Å²) in [4.78, 5) is 1.98. The Morgan fingerprint density at radius 2 is 2.11 bits per heavy atom. The molecule has 3 unspecified atom stereocenters. The van der Waals surface area contributed by atoms with E-state index in [4.69, 9.17) is 0 Å². The van der Waals surface area contributed by atoms with Crippen molar-refractivity contribution in [3.63, 3.8) is 0 Å². The van der Waals surface area contributed by atoms with Gasteiger partial charge in [0.15, 0.2) is 0 Å². The van der Waals surface area contributed by atoms with E-state index in [9.17, 15) is 14.6 Å². The summed E-state index contributed by atoms with van der Waals surface area (Å²) < 4.78 is 13.9. The van der Waals surface area contributed by atoms with Crippen molar-refractivity contribution in [1.82, 2.24) is 0 Å². The van der Waals surface area contributed by atoms with Crippen LogP contribution in [0.1, 0.15) is 18.4 Å². The number of anilines is 1. The van der Waals surface area contributed by atoms with E-state index in [1.165, 1.54) is 6.07 Å². The number of hydrogen-bond donors (Lipinski definition) is 2. The van der Waals surface area contributed by atoms with Crippen LogP contribution in [0, 0.1) is 17.7 Å². The molecule has 1 aromatic rings. The molecule has 0 bridgehead atoms. The van der Waals surface area contributed by atoms with Crippen molar-refractivity contribution < 1.29 is 14.6 Å². The first-order valence-corrected chi connectivity index (χ1v) is 6.52. The predicted octanol–water partition coefficient (Wildman–Crippen LogP) is 1.53. The topological polar surface area (TPSA) is 43.7 Å². The zero-order valence-corrected chi connectivity index (χ0v) is 10.2. The van der Waals surface area contributed by atoms with E-state index in [2.05, 4.69) is 0 Å². The maximum Gasteiger partial charge on any atom is 0.146 e. The first-order chi connectivity index (χ1) is 8.70. The van der Waals surface area contributed by atoms with Crippen LogP contribution >= 0.6 is 0 Å². The Labute approximate surface area is 106 Å². The zero-order valence-electron chi connectivity index (χ0n) is 10.2. The normalized spacial score (nSPS) is 30.8. The number of para-hydroxylation sites is 1. The molecular weight excluding hydrogens is 233 g/mol. The summed E-state index contributed by atoms with van der Waals surface area (Å²) in [5.41, 5.74) is 1.14. The van der Waals surface area contributed by atoms with Gasteiger partial charge in [-0.2, -0.15) is 0 Å². The molecule has 1 aliphatic carbocycles. The maximum atomic E-state index is 13.9. The van der Waals surface area contributed by atoms with Gasteiger partial charge in [-0.15, -0.1) is 0 Å². The van der Waals surface area contributed by atoms with Crippen LogP contribution in [0.15, 0.2) is 18.2 Å². The molecule has 98 valence electrons. The lowest BCUT2D eigenvalue weighted by molar-refractivity contribution is 0.133. The Hall–Kier alpha value is -1.13. The summed E-state index contributed by atoms with van der Waals surface area (Å²) in [6, 6.07) is 4.80. The van der Waals surface area contributed by atoms with E-state index >= 15 is 0 Å². The van der Waals surface area contributed by atoms with Crippen molar-refractivity contribution in [2.75, 3.05) is 18.0 Å². The van der Waals surface area contributed by atoms with Gasteiger partial charge in [0.2, 0.25) is 0 Å². The van der Waals surface area contributed by atoms with Crippen LogP contribution in [0.4, 0.5) is 10.1 Å². The summed E-state index contributed by atoms with van der Waals surface area (Å²) in [6.45, 7) is 1.33. The molecule has 2 fully saturated rings. The molecule has 0 amide bonds. The van der Waals surface area contributed by atoms with Crippen LogP contribution in [0.3, 0.4) is 0 Å². The van der Waals surface area contributed by atoms with Crippen molar-refractivity contribution in [2.24, 2.45) is 11.8 Å². The number of nitrogens with zero attached hydrogens (tertiary/aromatic N) is 1. The molecule has 3 rings (SSSR count). The summed E-state index contributed by atoms with van der Waals surface area (Å²) in [5.74, 6) is 0.443. The van der Waals surface area contributed by atoms with Gasteiger partial charge >= 0.3 is 0 Å². The number of hydrogen-bond acceptors (Lipinski definition) is 3. The molecule has 3 nitrogen and oxygen atoms in total. The van der Waals surface area contributed by atoms with E-state index in [0.717, 1.165) is 19.4 Å². The molecule has 18 heavy (non-hydrogen) atoms. The first kappa shape index (κ1) is 11.9. The number of fused-ring (bicyclic) bond motifs is 1. The Morgan fingerprint density at radius 1 is 1.28 bits per heavy atom. The van der Waals surface area contributed by atoms with Crippen LogP contribution in [0.25, 0.3) is 0 Å². The second kappa shape index (κ2) is 4.52. The van der Waals surface area contributed by atoms with E-state index < -0.39 is 0 Å². The largest absolute Gasteiger partial charge is 0.393 e. The number of aliphatic hydroxyl groups is 2. The summed E-state index contributed by atoms with van der Waals surface area (Å²) in [7, 11) is 0. The molecule has 0 aromatic heterocycles. The fourth-order valence-electron chi connectivity index (χ4n) is 3.46. The minimum absolute atomic E-state index is 0.151. The monoisotopic (exact) mass is 251 g/mol. The molecular formula is C14H18FNO2. The molecule has 1 saturated carbocycles. The molecule has 1 heterocycles. The summed E-state index contributed by atoms with van der Waals surface area (Å²) in [5, 5.41) is 19.2. The number of aliphatic hydroxyl groups excluding tert-OH is 2. The van der Waals surface area contributed by atoms with Gasteiger partial charge in [0.1, 0.15) is 5.82 Å². The van der Waals surface area contributed by atoms with Crippen molar-refractivity contribution in [2.45, 2.75) is 25.6 Å². The minimum atomic E-state index is -0.281. The fourth-order valence-corrected chi connectivity index (χ4v) is 3.46. The second-order valence-electron chi connectivity index (χ2n) is 5.38. The lowest BCUT2D eigenvalue weighted by Gasteiger charge is -2.23. The molecule has 2 N–H and O–H groups in total. The van der Waals surface area contributed by atoms with Gasteiger partial charge in [-0.05, 0) is 24.8 Å². The summed E-state index contributed by atoms with van der Waals surface area (Å²) in [6.07, 6.45) is 1.64. The molecule has 3 atom stereocenters. The number of rotatable bonds is 2. The van der Waals surface area contributed by atoms with E-state index in [0.29, 0.717) is 23.7 Å². The van der Waals surface area contributed by atoms with E-state index in [1.54, 1.807) is 12.1 Å². The van der Waals surface area contributed by atoms with Gasteiger partial charge in [-0.3, -0.25) is 0 Å². The molecule has 0 spiro atoms. The standard InChI is InChI=1S/C14H18FNO2/c15-12-3-1-2-10(8-17)14(12)16-6-9-4-5-13(18)11(9)7-16/h1-3,9,11,13,17-18H,4-8H2. The van der Waals surface area contributed by atoms with Crippen molar-refractivity contribution in [1.29, 1.82) is 0 Å². The van der Waals surface area contributed by atoms with Crippen LogP contribution < -0.4 is 4.90 Å². The highest BCUT2D eigenvalue weighted by atomic mass is 19.1. The van der Waals surface area contributed by atoms with Crippen molar-refractivity contribution in [3.8, 4) is 0 Å². The lowest BCUT2D eigenvalue weighted by atomic mass is 10.00. The van der Waals surface area contributed by atoms with Gasteiger partial charge < -0.3 is 15.1 Å². The third kappa shape index (κ3) is 1.80.